The molecule has 0 aliphatic rings. The molecule has 26 heavy (non-hydrogen) atoms. The topological polar surface area (TPSA) is 46.2 Å². The van der Waals surface area contributed by atoms with Crippen LogP contribution >= 0.6 is 0 Å². The fraction of sp³-hybridized carbons (Fsp3) is 0.333. The summed E-state index contributed by atoms with van der Waals surface area (Å²) in [6.07, 6.45) is -3.87. The van der Waals surface area contributed by atoms with E-state index in [-0.39, 0.29) is 10.3 Å². The van der Waals surface area contributed by atoms with Crippen LogP contribution in [0.1, 0.15) is 38.3 Å². The third-order valence-electron chi connectivity index (χ3n) is 4.37. The van der Waals surface area contributed by atoms with Crippen LogP contribution in [0.2, 0.25) is 0 Å². The molecule has 142 valence electrons. The Kier molecular flexibility index (Phi) is 5.37. The van der Waals surface area contributed by atoms with Crippen LogP contribution in [0, 0.1) is 5.82 Å². The van der Waals surface area contributed by atoms with Gasteiger partial charge in [-0.15, -0.1) is 0 Å². The van der Waals surface area contributed by atoms with Gasteiger partial charge in [-0.2, -0.15) is 13.2 Å². The van der Waals surface area contributed by atoms with Gasteiger partial charge in [-0.1, -0.05) is 32.9 Å². The third-order valence-corrected chi connectivity index (χ3v) is 5.75. The fourth-order valence-electron chi connectivity index (χ4n) is 2.27. The van der Waals surface area contributed by atoms with Gasteiger partial charge in [0.15, 0.2) is 0 Å². The first kappa shape index (κ1) is 20.2. The van der Waals surface area contributed by atoms with Crippen molar-refractivity contribution >= 4 is 15.7 Å². The highest BCUT2D eigenvalue weighted by Crippen LogP contribution is 2.33. The van der Waals surface area contributed by atoms with Crippen LogP contribution < -0.4 is 4.72 Å². The highest BCUT2D eigenvalue weighted by molar-refractivity contribution is 7.92. The van der Waals surface area contributed by atoms with E-state index in [4.69, 9.17) is 0 Å². The number of benzene rings is 2. The van der Waals surface area contributed by atoms with Gasteiger partial charge < -0.3 is 0 Å². The molecule has 0 heterocycles. The van der Waals surface area contributed by atoms with Gasteiger partial charge in [-0.25, -0.2) is 12.8 Å². The van der Waals surface area contributed by atoms with Crippen molar-refractivity contribution in [2.75, 3.05) is 4.72 Å². The first-order chi connectivity index (χ1) is 11.9. The molecule has 2 rings (SSSR count). The maximum Gasteiger partial charge on any atom is 0.416 e. The molecule has 0 aromatic heterocycles. The number of rotatable bonds is 5. The van der Waals surface area contributed by atoms with Gasteiger partial charge in [0.1, 0.15) is 5.82 Å². The summed E-state index contributed by atoms with van der Waals surface area (Å²) < 4.78 is 78.7. The molecule has 0 saturated carbocycles. The summed E-state index contributed by atoms with van der Waals surface area (Å²) in [5, 5.41) is 0. The number of hydrogen-bond acceptors (Lipinski definition) is 2. The monoisotopic (exact) mass is 389 g/mol. The van der Waals surface area contributed by atoms with E-state index in [1.807, 2.05) is 25.5 Å². The summed E-state index contributed by atoms with van der Waals surface area (Å²) in [4.78, 5) is -0.162. The second-order valence-corrected chi connectivity index (χ2v) is 8.24. The molecule has 0 saturated heterocycles. The lowest BCUT2D eigenvalue weighted by Crippen LogP contribution is -2.17. The van der Waals surface area contributed by atoms with Gasteiger partial charge in [-0.3, -0.25) is 4.72 Å². The summed E-state index contributed by atoms with van der Waals surface area (Å²) in [5.41, 5.74) is -1.12. The van der Waals surface area contributed by atoms with Crippen molar-refractivity contribution in [2.24, 2.45) is 0 Å². The minimum Gasteiger partial charge on any atom is -0.277 e. The van der Waals surface area contributed by atoms with Crippen LogP contribution in [0.5, 0.6) is 0 Å². The van der Waals surface area contributed by atoms with Crippen molar-refractivity contribution in [2.45, 2.75) is 43.7 Å². The fourth-order valence-corrected chi connectivity index (χ4v) is 3.33. The molecule has 2 aromatic carbocycles. The Morgan fingerprint density at radius 1 is 0.962 bits per heavy atom. The summed E-state index contributed by atoms with van der Waals surface area (Å²) in [6.45, 7) is 6.02. The molecule has 2 aromatic rings. The quantitative estimate of drug-likeness (QED) is 0.703. The van der Waals surface area contributed by atoms with Crippen molar-refractivity contribution in [3.8, 4) is 0 Å². The number of alkyl halides is 3. The molecule has 8 heteroatoms. The molecule has 0 radical (unpaired) electrons. The number of halogens is 4. The van der Waals surface area contributed by atoms with Crippen LogP contribution in [0.15, 0.2) is 47.4 Å². The molecule has 1 N–H and O–H groups in total. The first-order valence-electron chi connectivity index (χ1n) is 7.87. The van der Waals surface area contributed by atoms with Gasteiger partial charge in [0.25, 0.3) is 10.0 Å². The third kappa shape index (κ3) is 4.35. The number of sulfonamides is 1. The normalized spacial score (nSPS) is 12.9. The van der Waals surface area contributed by atoms with Crippen molar-refractivity contribution in [3.05, 3.63) is 59.4 Å². The maximum absolute atomic E-state index is 13.8. The number of hydrogen-bond donors (Lipinski definition) is 1. The Hall–Kier alpha value is -2.09. The average Bonchev–Trinajstić information content (AvgIpc) is 2.56. The summed E-state index contributed by atoms with van der Waals surface area (Å²) >= 11 is 0. The lowest BCUT2D eigenvalue weighted by atomic mass is 9.82. The Balaban J connectivity index is 2.35. The molecule has 0 bridgehead atoms. The summed E-state index contributed by atoms with van der Waals surface area (Å²) in [5.74, 6) is -1.09. The Morgan fingerprint density at radius 2 is 1.50 bits per heavy atom. The Morgan fingerprint density at radius 3 is 2.00 bits per heavy atom. The van der Waals surface area contributed by atoms with E-state index in [0.717, 1.165) is 12.0 Å². The smallest absolute Gasteiger partial charge is 0.277 e. The largest absolute Gasteiger partial charge is 0.416 e. The predicted octanol–water partition coefficient (Wildman–Crippen LogP) is 5.33. The second kappa shape index (κ2) is 6.90. The van der Waals surface area contributed by atoms with E-state index in [9.17, 15) is 26.0 Å². The van der Waals surface area contributed by atoms with Gasteiger partial charge in [0, 0.05) is 0 Å². The van der Waals surface area contributed by atoms with E-state index in [2.05, 4.69) is 0 Å². The van der Waals surface area contributed by atoms with E-state index in [1.54, 1.807) is 12.1 Å². The van der Waals surface area contributed by atoms with Crippen molar-refractivity contribution in [3.63, 3.8) is 0 Å². The zero-order valence-corrected chi connectivity index (χ0v) is 15.3. The lowest BCUT2D eigenvalue weighted by Gasteiger charge is -2.23. The molecule has 0 atom stereocenters. The number of nitrogens with one attached hydrogen (secondary N) is 1. The van der Waals surface area contributed by atoms with Crippen LogP contribution in [-0.2, 0) is 21.6 Å². The van der Waals surface area contributed by atoms with Crippen LogP contribution in [0.3, 0.4) is 0 Å². The molecule has 0 aliphatic heterocycles. The highest BCUT2D eigenvalue weighted by Gasteiger charge is 2.31. The minimum absolute atomic E-state index is 0.150. The maximum atomic E-state index is 13.8. The van der Waals surface area contributed by atoms with Crippen molar-refractivity contribution in [1.29, 1.82) is 0 Å². The zero-order valence-electron chi connectivity index (χ0n) is 14.5. The average molecular weight is 389 g/mol. The van der Waals surface area contributed by atoms with Gasteiger partial charge in [0.05, 0.1) is 16.1 Å². The molecular weight excluding hydrogens is 370 g/mol. The van der Waals surface area contributed by atoms with Gasteiger partial charge in [0.2, 0.25) is 0 Å². The lowest BCUT2D eigenvalue weighted by molar-refractivity contribution is -0.137. The molecular formula is C18H19F4NO2S. The van der Waals surface area contributed by atoms with Crippen LogP contribution in [-0.4, -0.2) is 8.42 Å². The number of anilines is 1. The summed E-state index contributed by atoms with van der Waals surface area (Å²) in [6, 6.07) is 7.53. The molecule has 0 spiro atoms. The van der Waals surface area contributed by atoms with E-state index >= 15 is 0 Å². The predicted molar refractivity (Wildman–Crippen MR) is 92.0 cm³/mol. The highest BCUT2D eigenvalue weighted by atomic mass is 32.2. The Labute approximate surface area is 150 Å². The van der Waals surface area contributed by atoms with Gasteiger partial charge in [-0.05, 0) is 47.7 Å². The van der Waals surface area contributed by atoms with Crippen molar-refractivity contribution in [1.82, 2.24) is 0 Å². The van der Waals surface area contributed by atoms with Crippen LogP contribution in [0.4, 0.5) is 23.2 Å². The zero-order chi connectivity index (χ0) is 19.8. The minimum atomic E-state index is -4.71. The van der Waals surface area contributed by atoms with E-state index in [0.29, 0.717) is 18.2 Å². The Bertz CT molecular complexity index is 888. The summed E-state index contributed by atoms with van der Waals surface area (Å²) in [7, 11) is -4.22. The second-order valence-electron chi connectivity index (χ2n) is 6.56. The molecule has 0 unspecified atom stereocenters. The van der Waals surface area contributed by atoms with Gasteiger partial charge >= 0.3 is 6.18 Å². The molecule has 3 nitrogen and oxygen atoms in total. The van der Waals surface area contributed by atoms with Crippen LogP contribution in [0.25, 0.3) is 0 Å². The van der Waals surface area contributed by atoms with Crippen molar-refractivity contribution < 1.29 is 26.0 Å². The molecule has 0 amide bonds. The molecule has 0 fully saturated rings. The first-order valence-corrected chi connectivity index (χ1v) is 9.35. The van der Waals surface area contributed by atoms with E-state index in [1.165, 1.54) is 12.1 Å². The molecule has 0 aliphatic carbocycles. The SMILES string of the molecule is CCC(C)(C)c1ccc(S(=O)(=O)Nc2cc(C(F)(F)F)ccc2F)cc1. The standard InChI is InChI=1S/C18H19F4NO2S/c1-4-17(2,3)12-5-8-14(9-6-12)26(24,25)23-16-11-13(18(20,21)22)7-10-15(16)19/h5-11,23H,4H2,1-3H3. The van der Waals surface area contributed by atoms with E-state index < -0.39 is 33.3 Å².